The van der Waals surface area contributed by atoms with Crippen LogP contribution in [0.4, 0.5) is 0 Å². The number of nitrogens with one attached hydrogen (secondary N) is 1. The molecule has 2 rings (SSSR count). The lowest BCUT2D eigenvalue weighted by Crippen LogP contribution is -2.45. The number of rotatable bonds is 6. The summed E-state index contributed by atoms with van der Waals surface area (Å²) in [5.74, 6) is 0.207. The Morgan fingerprint density at radius 3 is 2.75 bits per heavy atom. The highest BCUT2D eigenvalue weighted by molar-refractivity contribution is 7.89. The van der Waals surface area contributed by atoms with Crippen LogP contribution in [0.3, 0.4) is 0 Å². The molecule has 0 aromatic carbocycles. The van der Waals surface area contributed by atoms with Gasteiger partial charge in [0.05, 0.1) is 17.8 Å². The number of sulfonamides is 1. The summed E-state index contributed by atoms with van der Waals surface area (Å²) in [6.07, 6.45) is 3.73. The molecule has 136 valence electrons. The Labute approximate surface area is 144 Å². The normalized spacial score (nSPS) is 19.6. The van der Waals surface area contributed by atoms with Crippen molar-refractivity contribution in [1.29, 1.82) is 0 Å². The van der Waals surface area contributed by atoms with E-state index >= 15 is 0 Å². The van der Waals surface area contributed by atoms with Crippen molar-refractivity contribution in [2.75, 3.05) is 19.6 Å². The highest BCUT2D eigenvalue weighted by Crippen LogP contribution is 2.25. The largest absolute Gasteiger partial charge is 0.356 e. The molecule has 2 heterocycles. The van der Waals surface area contributed by atoms with Crippen LogP contribution in [0.5, 0.6) is 0 Å². The minimum absolute atomic E-state index is 0.0431. The predicted octanol–water partition coefficient (Wildman–Crippen LogP) is 1.29. The maximum Gasteiger partial charge on any atom is 0.246 e. The van der Waals surface area contributed by atoms with Gasteiger partial charge in [-0.1, -0.05) is 13.8 Å². The molecule has 1 aliphatic rings. The maximum atomic E-state index is 12.8. The average Bonchev–Trinajstić information content (AvgIpc) is 2.87. The second kappa shape index (κ2) is 7.65. The minimum Gasteiger partial charge on any atom is -0.356 e. The van der Waals surface area contributed by atoms with E-state index < -0.39 is 10.0 Å². The zero-order valence-electron chi connectivity index (χ0n) is 14.9. The SMILES string of the molecule is Cc1c(S(=O)(=O)N2CCC[C@H](C(=O)NCCC(C)C)C2)cnn1C. The zero-order chi connectivity index (χ0) is 17.9. The number of hydrogen-bond acceptors (Lipinski definition) is 4. The molecule has 0 spiro atoms. The molecule has 1 saturated heterocycles. The van der Waals surface area contributed by atoms with Crippen molar-refractivity contribution in [2.24, 2.45) is 18.9 Å². The van der Waals surface area contributed by atoms with Gasteiger partial charge in [-0.3, -0.25) is 9.48 Å². The van der Waals surface area contributed by atoms with Gasteiger partial charge in [-0.15, -0.1) is 0 Å². The van der Waals surface area contributed by atoms with E-state index in [9.17, 15) is 13.2 Å². The summed E-state index contributed by atoms with van der Waals surface area (Å²) >= 11 is 0. The number of carbonyl (C=O) groups is 1. The molecule has 24 heavy (non-hydrogen) atoms. The monoisotopic (exact) mass is 356 g/mol. The number of piperidine rings is 1. The van der Waals surface area contributed by atoms with Gasteiger partial charge in [-0.2, -0.15) is 9.40 Å². The Bertz CT molecular complexity index is 681. The van der Waals surface area contributed by atoms with Gasteiger partial charge in [0.1, 0.15) is 4.90 Å². The van der Waals surface area contributed by atoms with Gasteiger partial charge in [0.2, 0.25) is 15.9 Å². The van der Waals surface area contributed by atoms with Crippen molar-refractivity contribution in [3.05, 3.63) is 11.9 Å². The molecule has 0 radical (unpaired) electrons. The third-order valence-electron chi connectivity index (χ3n) is 4.58. The van der Waals surface area contributed by atoms with Crippen molar-refractivity contribution in [2.45, 2.75) is 44.9 Å². The van der Waals surface area contributed by atoms with Crippen molar-refractivity contribution in [1.82, 2.24) is 19.4 Å². The molecule has 1 N–H and O–H groups in total. The van der Waals surface area contributed by atoms with Crippen molar-refractivity contribution >= 4 is 15.9 Å². The Morgan fingerprint density at radius 2 is 2.17 bits per heavy atom. The lowest BCUT2D eigenvalue weighted by atomic mass is 9.98. The molecule has 8 heteroatoms. The van der Waals surface area contributed by atoms with E-state index in [1.54, 1.807) is 18.7 Å². The number of aryl methyl sites for hydroxylation is 1. The number of aromatic nitrogens is 2. The van der Waals surface area contributed by atoms with Gasteiger partial charge >= 0.3 is 0 Å². The van der Waals surface area contributed by atoms with Crippen molar-refractivity contribution in [3.63, 3.8) is 0 Å². The smallest absolute Gasteiger partial charge is 0.246 e. The number of carbonyl (C=O) groups excluding carboxylic acids is 1. The summed E-state index contributed by atoms with van der Waals surface area (Å²) in [4.78, 5) is 12.5. The van der Waals surface area contributed by atoms with Crippen LogP contribution in [-0.2, 0) is 21.9 Å². The molecule has 7 nitrogen and oxygen atoms in total. The van der Waals surface area contributed by atoms with Gasteiger partial charge in [0.25, 0.3) is 0 Å². The van der Waals surface area contributed by atoms with E-state index in [0.717, 1.165) is 12.8 Å². The standard InChI is InChI=1S/C16H28N4O3S/c1-12(2)7-8-17-16(21)14-6-5-9-20(11-14)24(22,23)15-10-18-19(4)13(15)3/h10,12,14H,5-9,11H2,1-4H3,(H,17,21)/t14-/m0/s1. The molecular formula is C16H28N4O3S. The van der Waals surface area contributed by atoms with Crippen LogP contribution >= 0.6 is 0 Å². The fraction of sp³-hybridized carbons (Fsp3) is 0.750. The Morgan fingerprint density at radius 1 is 1.46 bits per heavy atom. The number of nitrogens with zero attached hydrogens (tertiary/aromatic N) is 3. The summed E-state index contributed by atoms with van der Waals surface area (Å²) in [7, 11) is -1.88. The fourth-order valence-corrected chi connectivity index (χ4v) is 4.58. The molecule has 0 saturated carbocycles. The molecule has 1 atom stereocenters. The molecule has 1 aromatic heterocycles. The van der Waals surface area contributed by atoms with Gasteiger partial charge in [-0.05, 0) is 32.1 Å². The molecule has 1 aromatic rings. The van der Waals surface area contributed by atoms with E-state index in [0.29, 0.717) is 31.1 Å². The summed E-state index contributed by atoms with van der Waals surface area (Å²) in [5.41, 5.74) is 0.610. The van der Waals surface area contributed by atoms with E-state index in [2.05, 4.69) is 24.3 Å². The van der Waals surface area contributed by atoms with E-state index in [4.69, 9.17) is 0 Å². The second-order valence-corrected chi connectivity index (χ2v) is 8.80. The Kier molecular flexibility index (Phi) is 6.03. The topological polar surface area (TPSA) is 84.3 Å². The van der Waals surface area contributed by atoms with Gasteiger partial charge in [0.15, 0.2) is 0 Å². The zero-order valence-corrected chi connectivity index (χ0v) is 15.8. The van der Waals surface area contributed by atoms with Crippen LogP contribution in [0.1, 0.15) is 38.8 Å². The first-order chi connectivity index (χ1) is 11.2. The molecular weight excluding hydrogens is 328 g/mol. The summed E-state index contributed by atoms with van der Waals surface area (Å²) in [6, 6.07) is 0. The average molecular weight is 356 g/mol. The highest BCUT2D eigenvalue weighted by Gasteiger charge is 2.34. The first kappa shape index (κ1) is 18.9. The molecule has 1 amide bonds. The molecule has 0 aliphatic carbocycles. The molecule has 0 unspecified atom stereocenters. The van der Waals surface area contributed by atoms with Gasteiger partial charge in [-0.25, -0.2) is 8.42 Å². The predicted molar refractivity (Wildman–Crippen MR) is 91.9 cm³/mol. The van der Waals surface area contributed by atoms with E-state index in [-0.39, 0.29) is 23.3 Å². The third-order valence-corrected chi connectivity index (χ3v) is 6.55. The van der Waals surface area contributed by atoms with Gasteiger partial charge < -0.3 is 5.32 Å². The third kappa shape index (κ3) is 4.16. The van der Waals surface area contributed by atoms with E-state index in [1.807, 2.05) is 0 Å². The highest BCUT2D eigenvalue weighted by atomic mass is 32.2. The lowest BCUT2D eigenvalue weighted by molar-refractivity contribution is -0.126. The van der Waals surface area contributed by atoms with Crippen molar-refractivity contribution in [3.8, 4) is 0 Å². The first-order valence-corrected chi connectivity index (χ1v) is 9.94. The van der Waals surface area contributed by atoms with Crippen LogP contribution in [-0.4, -0.2) is 48.0 Å². The quantitative estimate of drug-likeness (QED) is 0.832. The summed E-state index contributed by atoms with van der Waals surface area (Å²) in [5, 5.41) is 6.95. The number of hydrogen-bond donors (Lipinski definition) is 1. The second-order valence-electron chi connectivity index (χ2n) is 6.89. The molecule has 1 aliphatic heterocycles. The van der Waals surface area contributed by atoms with Crippen LogP contribution in [0.15, 0.2) is 11.1 Å². The van der Waals surface area contributed by atoms with Crippen LogP contribution < -0.4 is 5.32 Å². The van der Waals surface area contributed by atoms with Gasteiger partial charge in [0, 0.05) is 26.7 Å². The van der Waals surface area contributed by atoms with E-state index in [1.165, 1.54) is 10.5 Å². The van der Waals surface area contributed by atoms with Crippen molar-refractivity contribution < 1.29 is 13.2 Å². The van der Waals surface area contributed by atoms with Crippen LogP contribution in [0, 0.1) is 18.8 Å². The minimum atomic E-state index is -3.60. The molecule has 1 fully saturated rings. The maximum absolute atomic E-state index is 12.8. The lowest BCUT2D eigenvalue weighted by Gasteiger charge is -2.31. The summed E-state index contributed by atoms with van der Waals surface area (Å²) < 4.78 is 28.6. The fourth-order valence-electron chi connectivity index (χ4n) is 2.87. The Balaban J connectivity index is 2.04. The Hall–Kier alpha value is -1.41. The number of amides is 1. The molecule has 0 bridgehead atoms. The van der Waals surface area contributed by atoms with Crippen LogP contribution in [0.2, 0.25) is 0 Å². The first-order valence-electron chi connectivity index (χ1n) is 8.50. The summed E-state index contributed by atoms with van der Waals surface area (Å²) in [6.45, 7) is 7.28. The van der Waals surface area contributed by atoms with Crippen LogP contribution in [0.25, 0.3) is 0 Å².